The van der Waals surface area contributed by atoms with E-state index in [-0.39, 0.29) is 23.6 Å². The summed E-state index contributed by atoms with van der Waals surface area (Å²) in [4.78, 5) is 41.5. The minimum Gasteiger partial charge on any atom is -0.495 e. The van der Waals surface area contributed by atoms with Crippen LogP contribution >= 0.6 is 11.6 Å². The van der Waals surface area contributed by atoms with Crippen molar-refractivity contribution in [2.24, 2.45) is 5.73 Å². The van der Waals surface area contributed by atoms with Crippen molar-refractivity contribution in [1.29, 1.82) is 0 Å². The molecule has 0 aliphatic heterocycles. The van der Waals surface area contributed by atoms with Gasteiger partial charge in [-0.1, -0.05) is 29.7 Å². The standard InChI is InChI=1S/C26H22ClF2N5O5/c1-3-20(26(37)32-14-5-7-18(25(30)36)31-11-14)34-12-22(38-2)17(9-23(34)35)16-8-13(27)4-6-15(16)19-10-21(24(28)29)39-33-19/h4-12,20,24H,3H2,1-2H3,(H2,30,36)(H,32,37). The normalized spacial score (nSPS) is 11.8. The molecule has 0 saturated heterocycles. The van der Waals surface area contributed by atoms with Crippen molar-refractivity contribution in [3.05, 3.63) is 81.7 Å². The number of carbonyl (C=O) groups excluding carboxylic acids is 2. The fourth-order valence-corrected chi connectivity index (χ4v) is 4.15. The Morgan fingerprint density at radius 3 is 2.51 bits per heavy atom. The van der Waals surface area contributed by atoms with Gasteiger partial charge in [0.25, 0.3) is 17.9 Å². The highest BCUT2D eigenvalue weighted by Crippen LogP contribution is 2.39. The predicted molar refractivity (Wildman–Crippen MR) is 139 cm³/mol. The lowest BCUT2D eigenvalue weighted by Crippen LogP contribution is -2.32. The molecular weight excluding hydrogens is 536 g/mol. The Balaban J connectivity index is 1.73. The number of carbonyl (C=O) groups is 2. The number of aromatic nitrogens is 3. The van der Waals surface area contributed by atoms with Crippen LogP contribution in [0.5, 0.6) is 5.75 Å². The summed E-state index contributed by atoms with van der Waals surface area (Å²) in [5, 5.41) is 6.72. The quantitative estimate of drug-likeness (QED) is 0.299. The monoisotopic (exact) mass is 557 g/mol. The van der Waals surface area contributed by atoms with Crippen molar-refractivity contribution in [2.45, 2.75) is 25.8 Å². The SMILES string of the molecule is CCC(C(=O)Nc1ccc(C(N)=O)nc1)n1cc(OC)c(-c2cc(Cl)ccc2-c2cc(C(F)F)on2)cc1=O. The van der Waals surface area contributed by atoms with E-state index in [0.717, 1.165) is 6.07 Å². The van der Waals surface area contributed by atoms with Gasteiger partial charge >= 0.3 is 0 Å². The number of nitrogens with zero attached hydrogens (tertiary/aromatic N) is 3. The number of primary amides is 1. The van der Waals surface area contributed by atoms with Gasteiger partial charge in [0, 0.05) is 28.3 Å². The number of anilines is 1. The van der Waals surface area contributed by atoms with E-state index in [1.165, 1.54) is 42.3 Å². The van der Waals surface area contributed by atoms with Crippen LogP contribution in [0.4, 0.5) is 14.5 Å². The number of methoxy groups -OCH3 is 1. The van der Waals surface area contributed by atoms with Gasteiger partial charge in [0.1, 0.15) is 23.2 Å². The zero-order valence-corrected chi connectivity index (χ0v) is 21.4. The smallest absolute Gasteiger partial charge is 0.298 e. The van der Waals surface area contributed by atoms with E-state index < -0.39 is 35.6 Å². The second-order valence-corrected chi connectivity index (χ2v) is 8.75. The summed E-state index contributed by atoms with van der Waals surface area (Å²) in [6, 6.07) is 8.93. The maximum Gasteiger partial charge on any atom is 0.298 e. The number of benzene rings is 1. The van der Waals surface area contributed by atoms with Gasteiger partial charge in [0.2, 0.25) is 11.7 Å². The number of hydrogen-bond acceptors (Lipinski definition) is 7. The molecule has 13 heteroatoms. The van der Waals surface area contributed by atoms with Gasteiger partial charge in [-0.15, -0.1) is 0 Å². The number of halogens is 3. The summed E-state index contributed by atoms with van der Waals surface area (Å²) >= 11 is 6.22. The molecule has 3 heterocycles. The Labute approximate surface area is 225 Å². The van der Waals surface area contributed by atoms with E-state index in [4.69, 9.17) is 26.6 Å². The average Bonchev–Trinajstić information content (AvgIpc) is 3.40. The van der Waals surface area contributed by atoms with E-state index in [1.54, 1.807) is 25.1 Å². The highest BCUT2D eigenvalue weighted by molar-refractivity contribution is 6.31. The van der Waals surface area contributed by atoms with Crippen molar-refractivity contribution < 1.29 is 27.6 Å². The Morgan fingerprint density at radius 2 is 1.92 bits per heavy atom. The third-order valence-corrected chi connectivity index (χ3v) is 6.10. The van der Waals surface area contributed by atoms with Crippen LogP contribution in [-0.2, 0) is 4.79 Å². The molecule has 0 saturated carbocycles. The first kappa shape index (κ1) is 27.5. The molecule has 1 unspecified atom stereocenters. The van der Waals surface area contributed by atoms with Crippen LogP contribution in [0.25, 0.3) is 22.4 Å². The Kier molecular flexibility index (Phi) is 8.05. The lowest BCUT2D eigenvalue weighted by molar-refractivity contribution is -0.119. The summed E-state index contributed by atoms with van der Waals surface area (Å²) in [6.07, 6.45) is 0.0622. The average molecular weight is 558 g/mol. The van der Waals surface area contributed by atoms with E-state index in [1.807, 2.05) is 0 Å². The zero-order valence-electron chi connectivity index (χ0n) is 20.7. The number of amides is 2. The molecule has 1 aromatic carbocycles. The number of alkyl halides is 2. The molecule has 0 spiro atoms. The molecule has 0 aliphatic rings. The lowest BCUT2D eigenvalue weighted by Gasteiger charge is -2.20. The summed E-state index contributed by atoms with van der Waals surface area (Å²) in [5.41, 5.74) is 6.18. The largest absolute Gasteiger partial charge is 0.495 e. The molecule has 0 aliphatic carbocycles. The van der Waals surface area contributed by atoms with Gasteiger partial charge in [-0.25, -0.2) is 13.8 Å². The van der Waals surface area contributed by atoms with Gasteiger partial charge in [0.05, 0.1) is 25.2 Å². The highest BCUT2D eigenvalue weighted by atomic mass is 35.5. The molecule has 39 heavy (non-hydrogen) atoms. The number of hydrogen-bond donors (Lipinski definition) is 2. The molecule has 1 atom stereocenters. The first-order valence-electron chi connectivity index (χ1n) is 11.5. The molecule has 0 fully saturated rings. The number of ether oxygens (including phenoxy) is 1. The van der Waals surface area contributed by atoms with E-state index in [9.17, 15) is 23.2 Å². The Hall–Kier alpha value is -4.58. The first-order chi connectivity index (χ1) is 18.6. The van der Waals surface area contributed by atoms with Crippen LogP contribution in [-0.4, -0.2) is 33.6 Å². The Morgan fingerprint density at radius 1 is 1.15 bits per heavy atom. The summed E-state index contributed by atoms with van der Waals surface area (Å²) in [6.45, 7) is 1.73. The molecule has 3 aromatic heterocycles. The molecule has 0 bridgehead atoms. The summed E-state index contributed by atoms with van der Waals surface area (Å²) in [7, 11) is 1.38. The molecule has 202 valence electrons. The summed E-state index contributed by atoms with van der Waals surface area (Å²) in [5.74, 6) is -1.61. The topological polar surface area (TPSA) is 142 Å². The van der Waals surface area contributed by atoms with Crippen LogP contribution in [0.3, 0.4) is 0 Å². The van der Waals surface area contributed by atoms with Crippen LogP contribution in [0.15, 0.2) is 64.2 Å². The predicted octanol–water partition coefficient (Wildman–Crippen LogP) is 4.85. The maximum atomic E-state index is 13.3. The molecule has 3 N–H and O–H groups in total. The van der Waals surface area contributed by atoms with Crippen LogP contribution < -0.4 is 21.3 Å². The van der Waals surface area contributed by atoms with Crippen molar-refractivity contribution in [2.75, 3.05) is 12.4 Å². The minimum atomic E-state index is -2.85. The molecule has 0 radical (unpaired) electrons. The van der Waals surface area contributed by atoms with Crippen molar-refractivity contribution in [3.8, 4) is 28.1 Å². The number of rotatable bonds is 9. The van der Waals surface area contributed by atoms with E-state index >= 15 is 0 Å². The molecule has 4 aromatic rings. The third-order valence-electron chi connectivity index (χ3n) is 5.86. The second kappa shape index (κ2) is 11.4. The van der Waals surface area contributed by atoms with Crippen molar-refractivity contribution >= 4 is 29.1 Å². The van der Waals surface area contributed by atoms with Crippen molar-refractivity contribution in [3.63, 3.8) is 0 Å². The van der Waals surface area contributed by atoms with Crippen LogP contribution in [0, 0.1) is 0 Å². The minimum absolute atomic E-state index is 0.0352. The van der Waals surface area contributed by atoms with Crippen LogP contribution in [0.1, 0.15) is 42.1 Å². The number of pyridine rings is 2. The zero-order chi connectivity index (χ0) is 28.3. The second-order valence-electron chi connectivity index (χ2n) is 8.32. The third kappa shape index (κ3) is 5.80. The number of nitrogens with one attached hydrogen (secondary N) is 1. The Bertz CT molecular complexity index is 1590. The molecule has 4 rings (SSSR count). The van der Waals surface area contributed by atoms with Gasteiger partial charge in [-0.2, -0.15) is 0 Å². The van der Waals surface area contributed by atoms with Crippen molar-refractivity contribution in [1.82, 2.24) is 14.7 Å². The van der Waals surface area contributed by atoms with Gasteiger partial charge in [-0.05, 0) is 36.2 Å². The molecule has 10 nitrogen and oxygen atoms in total. The number of nitrogens with two attached hydrogens (primary N) is 1. The highest BCUT2D eigenvalue weighted by Gasteiger charge is 2.24. The van der Waals surface area contributed by atoms with Crippen LogP contribution in [0.2, 0.25) is 5.02 Å². The molecular formula is C26H22ClF2N5O5. The van der Waals surface area contributed by atoms with Gasteiger partial charge in [-0.3, -0.25) is 19.0 Å². The maximum absolute atomic E-state index is 13.3. The fraction of sp³-hybridized carbons (Fsp3) is 0.192. The fourth-order valence-electron chi connectivity index (χ4n) is 3.97. The lowest BCUT2D eigenvalue weighted by atomic mass is 9.97. The molecule has 2 amide bonds. The van der Waals surface area contributed by atoms with Gasteiger partial charge in [0.15, 0.2) is 0 Å². The first-order valence-corrected chi connectivity index (χ1v) is 11.9. The summed E-state index contributed by atoms with van der Waals surface area (Å²) < 4.78 is 37.7. The van der Waals surface area contributed by atoms with Gasteiger partial charge < -0.3 is 20.3 Å². The van der Waals surface area contributed by atoms with E-state index in [2.05, 4.69) is 15.5 Å². The van der Waals surface area contributed by atoms with E-state index in [0.29, 0.717) is 27.4 Å².